The first-order chi connectivity index (χ1) is 14.0. The predicted molar refractivity (Wildman–Crippen MR) is 92.7 cm³/mol. The fourth-order valence-electron chi connectivity index (χ4n) is 3.26. The number of urea groups is 1. The lowest BCUT2D eigenvalue weighted by Crippen LogP contribution is -2.72. The van der Waals surface area contributed by atoms with Crippen molar-refractivity contribution in [3.63, 3.8) is 0 Å². The third-order valence-corrected chi connectivity index (χ3v) is 4.61. The molecule has 0 saturated carbocycles. The van der Waals surface area contributed by atoms with E-state index >= 15 is 0 Å². The van der Waals surface area contributed by atoms with Gasteiger partial charge in [-0.25, -0.2) is 4.79 Å². The Hall–Kier alpha value is -3.21. The van der Waals surface area contributed by atoms with E-state index in [-0.39, 0.29) is 16.9 Å². The number of carbonyl (C=O) groups excluding carboxylic acids is 2. The minimum atomic E-state index is -5.39. The van der Waals surface area contributed by atoms with Crippen LogP contribution < -0.4 is 15.4 Å². The Kier molecular flexibility index (Phi) is 5.66. The molecule has 30 heavy (non-hydrogen) atoms. The Morgan fingerprint density at radius 2 is 1.67 bits per heavy atom. The molecule has 1 aliphatic heterocycles. The first-order valence-electron chi connectivity index (χ1n) is 8.55. The largest absolute Gasteiger partial charge is 0.437 e. The Balaban J connectivity index is 2.08. The lowest BCUT2D eigenvalue weighted by Gasteiger charge is -2.45. The molecule has 2 aromatic rings. The molecule has 6 nitrogen and oxygen atoms in total. The van der Waals surface area contributed by atoms with Crippen LogP contribution in [0, 0.1) is 5.92 Å². The molecule has 1 fully saturated rings. The molecule has 1 saturated heterocycles. The molecule has 160 valence electrons. The summed E-state index contributed by atoms with van der Waals surface area (Å²) in [6, 6.07) is 8.32. The normalized spacial score (nSPS) is 24.2. The summed E-state index contributed by atoms with van der Waals surface area (Å²) < 4.78 is 70.2. The summed E-state index contributed by atoms with van der Waals surface area (Å²) in [5.41, 5.74) is -4.01. The van der Waals surface area contributed by atoms with Gasteiger partial charge in [0.05, 0.1) is 6.04 Å². The van der Waals surface area contributed by atoms with Gasteiger partial charge in [0.15, 0.2) is 5.78 Å². The van der Waals surface area contributed by atoms with E-state index in [4.69, 9.17) is 0 Å². The number of aliphatic hydroxyl groups is 1. The van der Waals surface area contributed by atoms with E-state index in [1.807, 2.05) is 0 Å². The van der Waals surface area contributed by atoms with Crippen molar-refractivity contribution in [1.29, 1.82) is 0 Å². The molecule has 11 heteroatoms. The van der Waals surface area contributed by atoms with Crippen LogP contribution in [0.25, 0.3) is 0 Å². The number of halogens is 5. The van der Waals surface area contributed by atoms with Gasteiger partial charge in [-0.2, -0.15) is 22.0 Å². The standard InChI is InChI=1S/C19H15F5N2O4/c20-16(21)30-12-8-6-10(7-9-12)14-13(15(27)11-4-2-1-3-5-11)18(29,19(22,23)24)26-17(28)25-14/h1-9,13-14,16,29H,(H2,25,26,28)/t13-,14+,18-/m0/s1. The van der Waals surface area contributed by atoms with E-state index in [1.165, 1.54) is 29.6 Å². The number of nitrogens with one attached hydrogen (secondary N) is 2. The van der Waals surface area contributed by atoms with Crippen molar-refractivity contribution in [2.24, 2.45) is 5.92 Å². The van der Waals surface area contributed by atoms with Crippen molar-refractivity contribution in [3.05, 3.63) is 65.7 Å². The molecule has 3 atom stereocenters. The van der Waals surface area contributed by atoms with Gasteiger partial charge >= 0.3 is 18.8 Å². The van der Waals surface area contributed by atoms with Crippen LogP contribution >= 0.6 is 0 Å². The SMILES string of the molecule is O=C1N[C@H](c2ccc(OC(F)F)cc2)[C@@H](C(=O)c2ccccc2)[C@](O)(C(F)(F)F)N1. The number of rotatable bonds is 5. The number of Topliss-reactive ketones (excluding diaryl/α,β-unsaturated/α-hetero) is 1. The van der Waals surface area contributed by atoms with Gasteiger partial charge < -0.3 is 20.5 Å². The molecular formula is C19H15F5N2O4. The van der Waals surface area contributed by atoms with E-state index < -0.39 is 42.3 Å². The van der Waals surface area contributed by atoms with Gasteiger partial charge in [-0.05, 0) is 17.7 Å². The van der Waals surface area contributed by atoms with Gasteiger partial charge in [-0.3, -0.25) is 4.79 Å². The zero-order valence-electron chi connectivity index (χ0n) is 15.0. The van der Waals surface area contributed by atoms with Crippen LogP contribution in [-0.2, 0) is 0 Å². The second-order valence-corrected chi connectivity index (χ2v) is 6.50. The minimum absolute atomic E-state index is 0.0246. The summed E-state index contributed by atoms with van der Waals surface area (Å²) in [5.74, 6) is -3.56. The number of ketones is 1. The summed E-state index contributed by atoms with van der Waals surface area (Å²) in [6.07, 6.45) is -5.39. The molecule has 2 amide bonds. The topological polar surface area (TPSA) is 87.7 Å². The number of hydrogen-bond acceptors (Lipinski definition) is 4. The van der Waals surface area contributed by atoms with E-state index in [0.29, 0.717) is 0 Å². The van der Waals surface area contributed by atoms with E-state index in [1.54, 1.807) is 6.07 Å². The van der Waals surface area contributed by atoms with Gasteiger partial charge in [0.1, 0.15) is 11.7 Å². The van der Waals surface area contributed by atoms with Gasteiger partial charge in [-0.1, -0.05) is 42.5 Å². The molecule has 0 radical (unpaired) electrons. The quantitative estimate of drug-likeness (QED) is 0.501. The molecule has 1 aliphatic rings. The minimum Gasteiger partial charge on any atom is -0.435 e. The number of alkyl halides is 5. The molecule has 3 N–H and O–H groups in total. The van der Waals surface area contributed by atoms with Crippen LogP contribution in [0.4, 0.5) is 26.7 Å². The summed E-state index contributed by atoms with van der Waals surface area (Å²) in [6.45, 7) is -3.11. The van der Waals surface area contributed by atoms with Crippen LogP contribution in [0.5, 0.6) is 5.75 Å². The highest BCUT2D eigenvalue weighted by molar-refractivity contribution is 6.00. The highest BCUT2D eigenvalue weighted by Gasteiger charge is 2.66. The summed E-state index contributed by atoms with van der Waals surface area (Å²) in [5, 5.41) is 14.0. The monoisotopic (exact) mass is 430 g/mol. The molecule has 3 rings (SSSR count). The zero-order valence-corrected chi connectivity index (χ0v) is 15.0. The maximum atomic E-state index is 13.8. The van der Waals surface area contributed by atoms with E-state index in [9.17, 15) is 36.6 Å². The second kappa shape index (κ2) is 7.90. The average molecular weight is 430 g/mol. The van der Waals surface area contributed by atoms with Crippen LogP contribution in [0.3, 0.4) is 0 Å². The molecule has 0 bridgehead atoms. The molecule has 1 heterocycles. The Labute approximate surface area is 166 Å². The molecule has 2 aromatic carbocycles. The second-order valence-electron chi connectivity index (χ2n) is 6.50. The average Bonchev–Trinajstić information content (AvgIpc) is 2.67. The Bertz CT molecular complexity index is 921. The molecular weight excluding hydrogens is 415 g/mol. The van der Waals surface area contributed by atoms with E-state index in [2.05, 4.69) is 10.1 Å². The van der Waals surface area contributed by atoms with Crippen molar-refractivity contribution in [2.75, 3.05) is 0 Å². The van der Waals surface area contributed by atoms with Crippen LogP contribution in [0.1, 0.15) is 22.0 Å². The highest BCUT2D eigenvalue weighted by Crippen LogP contribution is 2.44. The van der Waals surface area contributed by atoms with Crippen LogP contribution in [0.2, 0.25) is 0 Å². The van der Waals surface area contributed by atoms with Gasteiger partial charge in [0.25, 0.3) is 0 Å². The Morgan fingerprint density at radius 3 is 2.20 bits per heavy atom. The summed E-state index contributed by atoms with van der Waals surface area (Å²) in [4.78, 5) is 24.9. The predicted octanol–water partition coefficient (Wildman–Crippen LogP) is 3.39. The molecule has 0 aliphatic carbocycles. The molecule has 0 unspecified atom stereocenters. The van der Waals surface area contributed by atoms with Crippen molar-refractivity contribution < 1.29 is 41.4 Å². The lowest BCUT2D eigenvalue weighted by molar-refractivity contribution is -0.287. The van der Waals surface area contributed by atoms with Crippen LogP contribution in [0.15, 0.2) is 54.6 Å². The molecule has 0 spiro atoms. The number of benzene rings is 2. The first kappa shape index (κ1) is 21.5. The van der Waals surface area contributed by atoms with Crippen LogP contribution in [-0.4, -0.2) is 35.4 Å². The third kappa shape index (κ3) is 4.06. The fourth-order valence-corrected chi connectivity index (χ4v) is 3.26. The Morgan fingerprint density at radius 1 is 1.07 bits per heavy atom. The van der Waals surface area contributed by atoms with Gasteiger partial charge in [0.2, 0.25) is 5.72 Å². The zero-order chi connectivity index (χ0) is 22.1. The van der Waals surface area contributed by atoms with Crippen molar-refractivity contribution in [3.8, 4) is 5.75 Å². The summed E-state index contributed by atoms with van der Waals surface area (Å²) in [7, 11) is 0. The molecule has 0 aromatic heterocycles. The van der Waals surface area contributed by atoms with E-state index in [0.717, 1.165) is 24.3 Å². The van der Waals surface area contributed by atoms with Gasteiger partial charge in [-0.15, -0.1) is 0 Å². The lowest BCUT2D eigenvalue weighted by atomic mass is 9.77. The number of amides is 2. The number of carbonyl (C=O) groups is 2. The first-order valence-corrected chi connectivity index (χ1v) is 8.55. The van der Waals surface area contributed by atoms with Crippen molar-refractivity contribution >= 4 is 11.8 Å². The number of hydrogen-bond donors (Lipinski definition) is 3. The summed E-state index contributed by atoms with van der Waals surface area (Å²) >= 11 is 0. The number of ether oxygens (including phenoxy) is 1. The maximum absolute atomic E-state index is 13.8. The van der Waals surface area contributed by atoms with Crippen molar-refractivity contribution in [2.45, 2.75) is 24.6 Å². The van der Waals surface area contributed by atoms with Crippen molar-refractivity contribution in [1.82, 2.24) is 10.6 Å². The highest BCUT2D eigenvalue weighted by atomic mass is 19.4. The van der Waals surface area contributed by atoms with Gasteiger partial charge in [0, 0.05) is 5.56 Å². The third-order valence-electron chi connectivity index (χ3n) is 4.61. The fraction of sp³-hybridized carbons (Fsp3) is 0.263. The maximum Gasteiger partial charge on any atom is 0.437 e. The smallest absolute Gasteiger partial charge is 0.435 e.